The van der Waals surface area contributed by atoms with Crippen molar-refractivity contribution in [2.45, 2.75) is 26.3 Å². The van der Waals surface area contributed by atoms with Gasteiger partial charge in [-0.25, -0.2) is 0 Å². The Kier molecular flexibility index (Phi) is 7.59. The fraction of sp³-hybridized carbons (Fsp3) is 0.941. The topological polar surface area (TPSA) is 49.3 Å². The van der Waals surface area contributed by atoms with E-state index in [1.54, 1.807) is 7.11 Å². The lowest BCUT2D eigenvalue weighted by atomic mass is 10.0. The Morgan fingerprint density at radius 1 is 1.30 bits per heavy atom. The Morgan fingerprint density at radius 2 is 2.04 bits per heavy atom. The predicted octanol–water partition coefficient (Wildman–Crippen LogP) is 0.887. The number of hydrogen-bond acceptors (Lipinski definition) is 4. The maximum absolute atomic E-state index is 5.49. The molecule has 2 rings (SSSR count). The van der Waals surface area contributed by atoms with E-state index in [1.165, 1.54) is 6.42 Å². The summed E-state index contributed by atoms with van der Waals surface area (Å²) in [6.45, 7) is 12.3. The van der Waals surface area contributed by atoms with Crippen molar-refractivity contribution in [3.8, 4) is 0 Å². The molecule has 0 amide bonds. The molecule has 0 radical (unpaired) electrons. The Bertz CT molecular complexity index is 370. The lowest BCUT2D eigenvalue weighted by molar-refractivity contribution is 0.00741. The fourth-order valence-electron chi connectivity index (χ4n) is 3.62. The van der Waals surface area contributed by atoms with Crippen molar-refractivity contribution >= 4 is 5.96 Å². The van der Waals surface area contributed by atoms with Gasteiger partial charge in [-0.3, -0.25) is 9.89 Å². The third-order valence-electron chi connectivity index (χ3n) is 4.95. The van der Waals surface area contributed by atoms with E-state index in [-0.39, 0.29) is 0 Å². The number of ether oxygens (including phenoxy) is 2. The summed E-state index contributed by atoms with van der Waals surface area (Å²) in [6.07, 6.45) is 1.19. The van der Waals surface area contributed by atoms with Gasteiger partial charge < -0.3 is 19.7 Å². The first-order valence-corrected chi connectivity index (χ1v) is 8.92. The molecule has 2 heterocycles. The molecular weight excluding hydrogens is 292 g/mol. The lowest BCUT2D eigenvalue weighted by Gasteiger charge is -2.37. The van der Waals surface area contributed by atoms with Gasteiger partial charge in [0.2, 0.25) is 0 Å². The highest BCUT2D eigenvalue weighted by Gasteiger charge is 2.27. The molecule has 2 aliphatic rings. The number of nitrogens with one attached hydrogen (secondary N) is 1. The summed E-state index contributed by atoms with van der Waals surface area (Å²) < 4.78 is 10.8. The van der Waals surface area contributed by atoms with Crippen LogP contribution in [0.25, 0.3) is 0 Å². The second-order valence-corrected chi connectivity index (χ2v) is 6.94. The molecule has 6 nitrogen and oxygen atoms in total. The van der Waals surface area contributed by atoms with Gasteiger partial charge in [0.15, 0.2) is 5.96 Å². The van der Waals surface area contributed by atoms with Crippen LogP contribution in [0.4, 0.5) is 0 Å². The van der Waals surface area contributed by atoms with E-state index < -0.39 is 0 Å². The van der Waals surface area contributed by atoms with Crippen LogP contribution in [0.3, 0.4) is 0 Å². The van der Waals surface area contributed by atoms with Crippen LogP contribution in [0.2, 0.25) is 0 Å². The van der Waals surface area contributed by atoms with Gasteiger partial charge in [-0.1, -0.05) is 13.8 Å². The molecule has 0 aromatic carbocycles. The molecule has 2 atom stereocenters. The first-order valence-electron chi connectivity index (χ1n) is 8.92. The summed E-state index contributed by atoms with van der Waals surface area (Å²) >= 11 is 0. The molecule has 6 heteroatoms. The van der Waals surface area contributed by atoms with Crippen LogP contribution in [0.5, 0.6) is 0 Å². The number of methoxy groups -OCH3 is 1. The van der Waals surface area contributed by atoms with E-state index in [4.69, 9.17) is 9.47 Å². The summed E-state index contributed by atoms with van der Waals surface area (Å²) in [6, 6.07) is 0.521. The normalized spacial score (nSPS) is 25.2. The molecule has 0 aliphatic carbocycles. The monoisotopic (exact) mass is 326 g/mol. The quantitative estimate of drug-likeness (QED) is 0.580. The third kappa shape index (κ3) is 5.33. The zero-order valence-electron chi connectivity index (χ0n) is 15.3. The van der Waals surface area contributed by atoms with Gasteiger partial charge in [0.25, 0.3) is 0 Å². The van der Waals surface area contributed by atoms with Crippen LogP contribution in [-0.2, 0) is 9.47 Å². The fourth-order valence-corrected chi connectivity index (χ4v) is 3.62. The molecule has 0 bridgehead atoms. The summed E-state index contributed by atoms with van der Waals surface area (Å²) in [5, 5.41) is 3.61. The van der Waals surface area contributed by atoms with Gasteiger partial charge in [-0.05, 0) is 12.3 Å². The average Bonchev–Trinajstić information content (AvgIpc) is 3.01. The first-order chi connectivity index (χ1) is 11.2. The first kappa shape index (κ1) is 18.5. The minimum atomic E-state index is 0.521. The second-order valence-electron chi connectivity index (χ2n) is 6.94. The summed E-state index contributed by atoms with van der Waals surface area (Å²) in [5.41, 5.74) is 0. The van der Waals surface area contributed by atoms with Crippen molar-refractivity contribution in [2.24, 2.45) is 16.8 Å². The van der Waals surface area contributed by atoms with E-state index in [1.807, 2.05) is 7.05 Å². The number of nitrogens with zero attached hydrogens (tertiary/aromatic N) is 3. The Hall–Kier alpha value is -0.850. The van der Waals surface area contributed by atoms with Gasteiger partial charge in [0.1, 0.15) is 0 Å². The summed E-state index contributed by atoms with van der Waals surface area (Å²) in [7, 11) is 3.66. The molecule has 0 saturated carbocycles. The molecule has 2 saturated heterocycles. The molecule has 0 spiro atoms. The molecule has 1 N–H and O–H groups in total. The maximum Gasteiger partial charge on any atom is 0.193 e. The molecule has 134 valence electrons. The number of aliphatic imine (C=N–C) groups is 1. The Labute approximate surface area is 141 Å². The average molecular weight is 326 g/mol. The van der Waals surface area contributed by atoms with Crippen molar-refractivity contribution in [1.82, 2.24) is 15.1 Å². The highest BCUT2D eigenvalue weighted by molar-refractivity contribution is 5.80. The predicted molar refractivity (Wildman–Crippen MR) is 93.9 cm³/mol. The maximum atomic E-state index is 5.49. The second kappa shape index (κ2) is 9.45. The molecule has 2 unspecified atom stereocenters. The van der Waals surface area contributed by atoms with E-state index in [9.17, 15) is 0 Å². The number of rotatable bonds is 6. The SMILES string of the molecule is CN=C(NCC(C(C)C)N1CCOCC1)N1CCC(COC)C1. The van der Waals surface area contributed by atoms with Gasteiger partial charge in [0.05, 0.1) is 19.8 Å². The molecule has 2 fully saturated rings. The Morgan fingerprint density at radius 3 is 2.65 bits per heavy atom. The van der Waals surface area contributed by atoms with Crippen LogP contribution in [0.15, 0.2) is 4.99 Å². The van der Waals surface area contributed by atoms with E-state index in [0.717, 1.165) is 58.5 Å². The van der Waals surface area contributed by atoms with E-state index in [0.29, 0.717) is 17.9 Å². The third-order valence-corrected chi connectivity index (χ3v) is 4.95. The van der Waals surface area contributed by atoms with Crippen LogP contribution in [0.1, 0.15) is 20.3 Å². The number of guanidine groups is 1. The highest BCUT2D eigenvalue weighted by atomic mass is 16.5. The van der Waals surface area contributed by atoms with Crippen LogP contribution >= 0.6 is 0 Å². The van der Waals surface area contributed by atoms with Crippen LogP contribution < -0.4 is 5.32 Å². The van der Waals surface area contributed by atoms with Crippen molar-refractivity contribution in [3.05, 3.63) is 0 Å². The largest absolute Gasteiger partial charge is 0.384 e. The zero-order valence-corrected chi connectivity index (χ0v) is 15.3. The van der Waals surface area contributed by atoms with Gasteiger partial charge in [0, 0.05) is 58.8 Å². The standard InChI is InChI=1S/C17H34N4O2/c1-14(2)16(20-7-9-23-10-8-20)11-19-17(18-3)21-6-5-15(12-21)13-22-4/h14-16H,5-13H2,1-4H3,(H,18,19). The molecule has 0 aromatic heterocycles. The molecule has 2 aliphatic heterocycles. The van der Waals surface area contributed by atoms with Gasteiger partial charge in [-0.2, -0.15) is 0 Å². The molecular formula is C17H34N4O2. The van der Waals surface area contributed by atoms with Crippen molar-refractivity contribution in [1.29, 1.82) is 0 Å². The van der Waals surface area contributed by atoms with E-state index in [2.05, 4.69) is 34.0 Å². The lowest BCUT2D eigenvalue weighted by Crippen LogP contribution is -2.53. The van der Waals surface area contributed by atoms with Crippen LogP contribution in [-0.4, -0.2) is 88.5 Å². The summed E-state index contributed by atoms with van der Waals surface area (Å²) in [5.74, 6) is 2.26. The van der Waals surface area contributed by atoms with Crippen LogP contribution in [0, 0.1) is 11.8 Å². The smallest absolute Gasteiger partial charge is 0.193 e. The van der Waals surface area contributed by atoms with Gasteiger partial charge in [-0.15, -0.1) is 0 Å². The van der Waals surface area contributed by atoms with Crippen molar-refractivity contribution in [2.75, 3.05) is 66.7 Å². The minimum absolute atomic E-state index is 0.521. The summed E-state index contributed by atoms with van der Waals surface area (Å²) in [4.78, 5) is 9.40. The van der Waals surface area contributed by atoms with Crippen molar-refractivity contribution < 1.29 is 9.47 Å². The van der Waals surface area contributed by atoms with E-state index >= 15 is 0 Å². The number of likely N-dealkylation sites (tertiary alicyclic amines) is 1. The minimum Gasteiger partial charge on any atom is -0.384 e. The number of morpholine rings is 1. The highest BCUT2D eigenvalue weighted by Crippen LogP contribution is 2.17. The van der Waals surface area contributed by atoms with Crippen molar-refractivity contribution in [3.63, 3.8) is 0 Å². The number of hydrogen-bond donors (Lipinski definition) is 1. The molecule has 0 aromatic rings. The van der Waals surface area contributed by atoms with Gasteiger partial charge >= 0.3 is 0 Å². The molecule has 23 heavy (non-hydrogen) atoms. The Balaban J connectivity index is 1.85. The zero-order chi connectivity index (χ0) is 16.7.